The Morgan fingerprint density at radius 2 is 1.61 bits per heavy atom. The predicted molar refractivity (Wildman–Crippen MR) is 116 cm³/mol. The third-order valence-electron chi connectivity index (χ3n) is 4.29. The predicted octanol–water partition coefficient (Wildman–Crippen LogP) is 4.07. The van der Waals surface area contributed by atoms with E-state index in [2.05, 4.69) is 21.2 Å². The molecule has 1 N–H and O–H groups in total. The standard InChI is InChI=1S/C21H14BrN3O2S/c22-14-8-10-16(11-9-14)25-20(27)18(19(26)23-21(25)28)13-17-7-4-12-24(17)15-5-2-1-3-6-15/h1-13H,(H,23,26,28)/b18-13+. The second-order valence-corrected chi connectivity index (χ2v) is 7.38. The maximum atomic E-state index is 13.1. The summed E-state index contributed by atoms with van der Waals surface area (Å²) >= 11 is 8.60. The zero-order valence-electron chi connectivity index (χ0n) is 14.5. The summed E-state index contributed by atoms with van der Waals surface area (Å²) in [6.45, 7) is 0. The molecule has 0 bridgehead atoms. The highest BCUT2D eigenvalue weighted by atomic mass is 79.9. The van der Waals surface area contributed by atoms with Crippen molar-refractivity contribution in [2.45, 2.75) is 0 Å². The fraction of sp³-hybridized carbons (Fsp3) is 0. The number of amides is 2. The zero-order chi connectivity index (χ0) is 19.7. The van der Waals surface area contributed by atoms with Gasteiger partial charge < -0.3 is 4.57 Å². The number of hydrogen-bond donors (Lipinski definition) is 1. The van der Waals surface area contributed by atoms with Crippen molar-refractivity contribution >= 4 is 56.8 Å². The summed E-state index contributed by atoms with van der Waals surface area (Å²) in [6.07, 6.45) is 3.46. The average molecular weight is 452 g/mol. The van der Waals surface area contributed by atoms with Crippen molar-refractivity contribution < 1.29 is 9.59 Å². The molecule has 1 aliphatic heterocycles. The number of rotatable bonds is 3. The van der Waals surface area contributed by atoms with Crippen LogP contribution in [-0.2, 0) is 9.59 Å². The van der Waals surface area contributed by atoms with Gasteiger partial charge in [-0.25, -0.2) is 0 Å². The number of thiocarbonyl (C=S) groups is 1. The van der Waals surface area contributed by atoms with E-state index in [0.29, 0.717) is 11.4 Å². The van der Waals surface area contributed by atoms with Crippen LogP contribution in [0.2, 0.25) is 0 Å². The number of carbonyl (C=O) groups excluding carboxylic acids is 2. The van der Waals surface area contributed by atoms with Gasteiger partial charge in [-0.05, 0) is 66.8 Å². The summed E-state index contributed by atoms with van der Waals surface area (Å²) in [6, 6.07) is 20.5. The summed E-state index contributed by atoms with van der Waals surface area (Å²) < 4.78 is 2.79. The Labute approximate surface area is 175 Å². The van der Waals surface area contributed by atoms with Gasteiger partial charge in [0.15, 0.2) is 5.11 Å². The first kappa shape index (κ1) is 18.3. The van der Waals surface area contributed by atoms with E-state index in [4.69, 9.17) is 12.2 Å². The molecule has 4 rings (SSSR count). The van der Waals surface area contributed by atoms with E-state index < -0.39 is 11.8 Å². The molecule has 0 spiro atoms. The second kappa shape index (κ2) is 7.53. The van der Waals surface area contributed by atoms with Gasteiger partial charge in [-0.15, -0.1) is 0 Å². The van der Waals surface area contributed by atoms with Crippen molar-refractivity contribution in [2.75, 3.05) is 4.90 Å². The van der Waals surface area contributed by atoms with Gasteiger partial charge in [-0.1, -0.05) is 34.1 Å². The maximum absolute atomic E-state index is 13.1. The van der Waals surface area contributed by atoms with E-state index in [1.807, 2.05) is 65.4 Å². The van der Waals surface area contributed by atoms with Crippen molar-refractivity contribution in [1.82, 2.24) is 9.88 Å². The lowest BCUT2D eigenvalue weighted by atomic mass is 10.1. The Hall–Kier alpha value is -3.03. The Kier molecular flexibility index (Phi) is 4.93. The lowest BCUT2D eigenvalue weighted by Crippen LogP contribution is -2.54. The Balaban J connectivity index is 1.74. The van der Waals surface area contributed by atoms with Crippen LogP contribution in [0.5, 0.6) is 0 Å². The molecule has 0 saturated carbocycles. The first-order valence-electron chi connectivity index (χ1n) is 8.44. The third-order valence-corrected chi connectivity index (χ3v) is 5.11. The van der Waals surface area contributed by atoms with E-state index in [9.17, 15) is 9.59 Å². The van der Waals surface area contributed by atoms with Crippen LogP contribution in [-0.4, -0.2) is 21.5 Å². The molecule has 0 atom stereocenters. The number of hydrogen-bond acceptors (Lipinski definition) is 3. The maximum Gasteiger partial charge on any atom is 0.270 e. The molecule has 7 heteroatoms. The number of para-hydroxylation sites is 1. The molecule has 1 aliphatic rings. The molecule has 1 saturated heterocycles. The van der Waals surface area contributed by atoms with Gasteiger partial charge in [-0.2, -0.15) is 0 Å². The van der Waals surface area contributed by atoms with Crippen molar-refractivity contribution in [2.24, 2.45) is 0 Å². The van der Waals surface area contributed by atoms with E-state index in [1.54, 1.807) is 18.2 Å². The fourth-order valence-corrected chi connectivity index (χ4v) is 3.51. The van der Waals surface area contributed by atoms with Crippen LogP contribution in [0.25, 0.3) is 11.8 Å². The largest absolute Gasteiger partial charge is 0.317 e. The smallest absolute Gasteiger partial charge is 0.270 e. The Bertz CT molecular complexity index is 1100. The fourth-order valence-electron chi connectivity index (χ4n) is 2.97. The van der Waals surface area contributed by atoms with Gasteiger partial charge in [0.2, 0.25) is 0 Å². The quantitative estimate of drug-likeness (QED) is 0.371. The van der Waals surface area contributed by atoms with Crippen molar-refractivity contribution in [1.29, 1.82) is 0 Å². The minimum Gasteiger partial charge on any atom is -0.317 e. The van der Waals surface area contributed by atoms with E-state index in [0.717, 1.165) is 10.2 Å². The molecule has 3 aromatic rings. The second-order valence-electron chi connectivity index (χ2n) is 6.07. The lowest BCUT2D eigenvalue weighted by molar-refractivity contribution is -0.122. The van der Waals surface area contributed by atoms with Gasteiger partial charge in [-0.3, -0.25) is 19.8 Å². The van der Waals surface area contributed by atoms with E-state index in [1.165, 1.54) is 4.90 Å². The number of halogens is 1. The van der Waals surface area contributed by atoms with E-state index in [-0.39, 0.29) is 10.7 Å². The molecule has 138 valence electrons. The monoisotopic (exact) mass is 451 g/mol. The molecule has 5 nitrogen and oxygen atoms in total. The summed E-state index contributed by atoms with van der Waals surface area (Å²) in [5.74, 6) is -0.971. The van der Waals surface area contributed by atoms with Gasteiger partial charge in [0, 0.05) is 22.1 Å². The molecule has 2 heterocycles. The molecule has 0 aliphatic carbocycles. The first-order valence-corrected chi connectivity index (χ1v) is 9.64. The van der Waals surface area contributed by atoms with Crippen molar-refractivity contribution in [3.05, 3.63) is 88.7 Å². The molecule has 2 aromatic carbocycles. The highest BCUT2D eigenvalue weighted by molar-refractivity contribution is 9.10. The van der Waals surface area contributed by atoms with Crippen LogP contribution in [0.4, 0.5) is 5.69 Å². The van der Waals surface area contributed by atoms with Gasteiger partial charge in [0.05, 0.1) is 5.69 Å². The van der Waals surface area contributed by atoms with Gasteiger partial charge in [0.1, 0.15) is 5.57 Å². The van der Waals surface area contributed by atoms with Crippen LogP contribution in [0.3, 0.4) is 0 Å². The van der Waals surface area contributed by atoms with Gasteiger partial charge in [0.25, 0.3) is 11.8 Å². The molecule has 28 heavy (non-hydrogen) atoms. The third kappa shape index (κ3) is 3.42. The van der Waals surface area contributed by atoms with Crippen molar-refractivity contribution in [3.8, 4) is 5.69 Å². The minimum absolute atomic E-state index is 0.0207. The number of benzene rings is 2. The molecule has 0 unspecified atom stereocenters. The van der Waals surface area contributed by atoms with Crippen LogP contribution in [0, 0.1) is 0 Å². The lowest BCUT2D eigenvalue weighted by Gasteiger charge is -2.29. The SMILES string of the molecule is O=C1NC(=S)N(c2ccc(Br)cc2)C(=O)/C1=C/c1cccn1-c1ccccc1. The molecule has 1 fully saturated rings. The Morgan fingerprint density at radius 3 is 2.32 bits per heavy atom. The molecule has 2 amide bonds. The normalized spacial score (nSPS) is 15.8. The van der Waals surface area contributed by atoms with Crippen LogP contribution in [0.1, 0.15) is 5.69 Å². The number of carbonyl (C=O) groups is 2. The summed E-state index contributed by atoms with van der Waals surface area (Å²) in [5.41, 5.74) is 2.26. The van der Waals surface area contributed by atoms with E-state index >= 15 is 0 Å². The summed E-state index contributed by atoms with van der Waals surface area (Å²) in [7, 11) is 0. The molecule has 1 aromatic heterocycles. The highest BCUT2D eigenvalue weighted by Gasteiger charge is 2.34. The zero-order valence-corrected chi connectivity index (χ0v) is 16.9. The van der Waals surface area contributed by atoms with Gasteiger partial charge >= 0.3 is 0 Å². The molecular weight excluding hydrogens is 438 g/mol. The average Bonchev–Trinajstić information content (AvgIpc) is 3.15. The summed E-state index contributed by atoms with van der Waals surface area (Å²) in [5, 5.41) is 2.67. The topological polar surface area (TPSA) is 54.3 Å². The highest BCUT2D eigenvalue weighted by Crippen LogP contribution is 2.24. The van der Waals surface area contributed by atoms with Crippen LogP contribution >= 0.6 is 28.1 Å². The Morgan fingerprint density at radius 1 is 0.893 bits per heavy atom. The molecule has 0 radical (unpaired) electrons. The minimum atomic E-state index is -0.510. The molecular formula is C21H14BrN3O2S. The summed E-state index contributed by atoms with van der Waals surface area (Å²) in [4.78, 5) is 26.9. The number of nitrogens with one attached hydrogen (secondary N) is 1. The number of aromatic nitrogens is 1. The van der Waals surface area contributed by atoms with Crippen LogP contribution in [0.15, 0.2) is 83.0 Å². The first-order chi connectivity index (χ1) is 13.5. The van der Waals surface area contributed by atoms with Crippen LogP contribution < -0.4 is 10.2 Å². The van der Waals surface area contributed by atoms with Crippen molar-refractivity contribution in [3.63, 3.8) is 0 Å². The number of anilines is 1. The number of nitrogens with zero attached hydrogens (tertiary/aromatic N) is 2.